The van der Waals surface area contributed by atoms with Crippen LogP contribution >= 0.6 is 0 Å². The van der Waals surface area contributed by atoms with Gasteiger partial charge in [0.25, 0.3) is 6.43 Å². The summed E-state index contributed by atoms with van der Waals surface area (Å²) in [5.41, 5.74) is -0.572. The number of nitrogens with zero attached hydrogens (tertiary/aromatic N) is 6. The van der Waals surface area contributed by atoms with Gasteiger partial charge in [-0.05, 0) is 78.4 Å². The molecule has 1 spiro atoms. The maximum atomic E-state index is 13.5. The Morgan fingerprint density at radius 3 is 2.55 bits per heavy atom. The van der Waals surface area contributed by atoms with Crippen molar-refractivity contribution in [3.63, 3.8) is 0 Å². The van der Waals surface area contributed by atoms with Crippen LogP contribution in [0.15, 0.2) is 30.5 Å². The number of alkyl halides is 2. The first-order chi connectivity index (χ1) is 19.7. The van der Waals surface area contributed by atoms with E-state index in [0.29, 0.717) is 36.2 Å². The van der Waals surface area contributed by atoms with Gasteiger partial charge >= 0.3 is 6.09 Å². The molecule has 1 aliphatic carbocycles. The summed E-state index contributed by atoms with van der Waals surface area (Å²) in [7, 11) is 0. The van der Waals surface area contributed by atoms with Crippen LogP contribution in [0.2, 0.25) is 0 Å². The first-order valence-electron chi connectivity index (χ1n) is 14.6. The average Bonchev–Trinajstić information content (AvgIpc) is 3.24. The van der Waals surface area contributed by atoms with E-state index in [1.807, 2.05) is 39.5 Å². The molecule has 2 N–H and O–H groups in total. The van der Waals surface area contributed by atoms with Crippen molar-refractivity contribution in [3.8, 4) is 5.69 Å². The van der Waals surface area contributed by atoms with Crippen LogP contribution in [-0.4, -0.2) is 78.3 Å². The molecule has 1 aromatic carbocycles. The molecule has 226 valence electrons. The van der Waals surface area contributed by atoms with Crippen LogP contribution in [-0.2, 0) is 4.74 Å². The van der Waals surface area contributed by atoms with Crippen molar-refractivity contribution in [2.24, 2.45) is 5.92 Å². The van der Waals surface area contributed by atoms with E-state index < -0.39 is 17.6 Å². The van der Waals surface area contributed by atoms with Crippen molar-refractivity contribution in [3.05, 3.63) is 36.0 Å². The Kier molecular flexibility index (Phi) is 6.82. The van der Waals surface area contributed by atoms with Gasteiger partial charge in [0.1, 0.15) is 11.4 Å². The van der Waals surface area contributed by atoms with Gasteiger partial charge in [0.05, 0.1) is 28.4 Å². The van der Waals surface area contributed by atoms with Crippen molar-refractivity contribution >= 4 is 28.9 Å². The largest absolute Gasteiger partial charge is 0.444 e. The lowest BCUT2D eigenvalue weighted by Crippen LogP contribution is -2.71. The number of aliphatic hydroxyl groups is 1. The van der Waals surface area contributed by atoms with Gasteiger partial charge in [-0.3, -0.25) is 0 Å². The Morgan fingerprint density at radius 1 is 1.19 bits per heavy atom. The number of amides is 1. The highest BCUT2D eigenvalue weighted by Gasteiger charge is 2.57. The molecule has 3 aliphatic rings. The van der Waals surface area contributed by atoms with Crippen molar-refractivity contribution in [2.75, 3.05) is 29.9 Å². The Labute approximate surface area is 244 Å². The number of hydrogen-bond donors (Lipinski definition) is 2. The Hall–Kier alpha value is -3.54. The molecule has 12 heteroatoms. The lowest BCUT2D eigenvalue weighted by Gasteiger charge is -2.60. The first kappa shape index (κ1) is 28.6. The minimum Gasteiger partial charge on any atom is -0.444 e. The van der Waals surface area contributed by atoms with Gasteiger partial charge in [-0.15, -0.1) is 0 Å². The topological polar surface area (TPSA) is 109 Å². The second-order valence-corrected chi connectivity index (χ2v) is 13.7. The van der Waals surface area contributed by atoms with Crippen molar-refractivity contribution in [1.82, 2.24) is 24.6 Å². The van der Waals surface area contributed by atoms with Gasteiger partial charge < -0.3 is 25.0 Å². The third kappa shape index (κ3) is 5.48. The molecule has 3 aromatic rings. The smallest absolute Gasteiger partial charge is 0.410 e. The quantitative estimate of drug-likeness (QED) is 0.386. The number of carbonyl (C=O) groups excluding carboxylic acids is 1. The number of fused-ring (bicyclic) bond motifs is 1. The molecule has 42 heavy (non-hydrogen) atoms. The van der Waals surface area contributed by atoms with E-state index in [1.165, 1.54) is 12.1 Å². The molecule has 4 heterocycles. The average molecular weight is 584 g/mol. The summed E-state index contributed by atoms with van der Waals surface area (Å²) in [6.45, 7) is 11.4. The number of aromatic nitrogens is 4. The number of nitrogens with one attached hydrogen (secondary N) is 1. The monoisotopic (exact) mass is 583 g/mol. The van der Waals surface area contributed by atoms with Gasteiger partial charge in [0.15, 0.2) is 5.65 Å². The molecule has 0 radical (unpaired) electrons. The molecule has 2 aliphatic heterocycles. The maximum absolute atomic E-state index is 13.5. The molecule has 10 nitrogen and oxygen atoms in total. The highest BCUT2D eigenvalue weighted by atomic mass is 19.3. The molecule has 1 amide bonds. The fourth-order valence-corrected chi connectivity index (χ4v) is 6.47. The summed E-state index contributed by atoms with van der Waals surface area (Å²) >= 11 is 0. The number of ether oxygens (including phenoxy) is 1. The van der Waals surface area contributed by atoms with E-state index in [1.54, 1.807) is 23.0 Å². The highest BCUT2D eigenvalue weighted by molar-refractivity contribution is 5.89. The van der Waals surface area contributed by atoms with Crippen LogP contribution in [0.25, 0.3) is 16.7 Å². The third-order valence-corrected chi connectivity index (χ3v) is 8.39. The SMILES string of the molecule is CC(C)(O)CC1CN(c2nc(NC3CC4(CCN4C(=O)OC(C)(C)C)C3)nc3c2cnn3-c2cccc(C(F)F)c2)C1. The zero-order valence-electron chi connectivity index (χ0n) is 24.8. The third-order valence-electron chi connectivity index (χ3n) is 8.39. The molecule has 2 aromatic heterocycles. The van der Waals surface area contributed by atoms with Crippen LogP contribution in [0, 0.1) is 5.92 Å². The summed E-state index contributed by atoms with van der Waals surface area (Å²) in [5, 5.41) is 19.0. The molecule has 3 fully saturated rings. The first-order valence-corrected chi connectivity index (χ1v) is 14.6. The van der Waals surface area contributed by atoms with Crippen LogP contribution in [0.5, 0.6) is 0 Å². The summed E-state index contributed by atoms with van der Waals surface area (Å²) in [6.07, 6.45) is 1.94. The highest BCUT2D eigenvalue weighted by Crippen LogP contribution is 2.48. The zero-order chi connectivity index (χ0) is 30.0. The minimum atomic E-state index is -2.60. The number of likely N-dealkylation sites (tertiary alicyclic amines) is 1. The van der Waals surface area contributed by atoms with Crippen LogP contribution < -0.4 is 10.2 Å². The van der Waals surface area contributed by atoms with Crippen LogP contribution in [0.4, 0.5) is 25.3 Å². The fraction of sp³-hybridized carbons (Fsp3) is 0.600. The standard InChI is InChI=1S/C30H39F2N7O3/c1-28(2,3)42-27(40)38-10-9-30(38)13-20(14-30)34-26-35-24(37-16-18(17-37)12-29(4,5)41)22-15-33-39(25(22)36-26)21-8-6-7-19(11-21)23(31)32/h6-8,11,15,18,20,23,41H,9-10,12-14,16-17H2,1-5H3,(H,34,35,36). The zero-order valence-corrected chi connectivity index (χ0v) is 24.8. The molecule has 6 rings (SSSR count). The summed E-state index contributed by atoms with van der Waals surface area (Å²) in [4.78, 5) is 26.4. The van der Waals surface area contributed by atoms with E-state index in [2.05, 4.69) is 15.3 Å². The summed E-state index contributed by atoms with van der Waals surface area (Å²) < 4.78 is 34.1. The van der Waals surface area contributed by atoms with Gasteiger partial charge in [0.2, 0.25) is 5.95 Å². The predicted molar refractivity (Wildman–Crippen MR) is 155 cm³/mol. The number of rotatable bonds is 7. The van der Waals surface area contributed by atoms with Gasteiger partial charge in [0, 0.05) is 31.2 Å². The number of halogens is 2. The van der Waals surface area contributed by atoms with Crippen molar-refractivity contribution < 1.29 is 23.4 Å². The molecule has 2 saturated heterocycles. The second-order valence-electron chi connectivity index (χ2n) is 13.7. The number of benzene rings is 1. The fourth-order valence-electron chi connectivity index (χ4n) is 6.47. The Balaban J connectivity index is 1.26. The molecule has 0 atom stereocenters. The lowest BCUT2D eigenvalue weighted by atomic mass is 9.65. The van der Waals surface area contributed by atoms with E-state index in [4.69, 9.17) is 14.7 Å². The van der Waals surface area contributed by atoms with Crippen LogP contribution in [0.3, 0.4) is 0 Å². The van der Waals surface area contributed by atoms with Crippen molar-refractivity contribution in [2.45, 2.75) is 89.5 Å². The number of hydrogen-bond acceptors (Lipinski definition) is 8. The Morgan fingerprint density at radius 2 is 1.93 bits per heavy atom. The van der Waals surface area contributed by atoms with E-state index in [9.17, 15) is 18.7 Å². The van der Waals surface area contributed by atoms with Gasteiger partial charge in [-0.25, -0.2) is 18.3 Å². The maximum Gasteiger partial charge on any atom is 0.410 e. The van der Waals surface area contributed by atoms with Crippen LogP contribution in [0.1, 0.15) is 72.3 Å². The second kappa shape index (κ2) is 10.0. The predicted octanol–water partition coefficient (Wildman–Crippen LogP) is 5.30. The molecule has 0 bridgehead atoms. The van der Waals surface area contributed by atoms with E-state index >= 15 is 0 Å². The van der Waals surface area contributed by atoms with Gasteiger partial charge in [-0.1, -0.05) is 12.1 Å². The lowest BCUT2D eigenvalue weighted by molar-refractivity contribution is -0.0836. The summed E-state index contributed by atoms with van der Waals surface area (Å²) in [5.74, 6) is 1.48. The molecule has 1 saturated carbocycles. The van der Waals surface area contributed by atoms with Gasteiger partial charge in [-0.2, -0.15) is 15.1 Å². The molecular formula is C30H39F2N7O3. The molecular weight excluding hydrogens is 544 g/mol. The minimum absolute atomic E-state index is 0.0680. The molecule has 0 unspecified atom stereocenters. The normalized spacial score (nSPS) is 22.7. The van der Waals surface area contributed by atoms with E-state index in [-0.39, 0.29) is 23.2 Å². The summed E-state index contributed by atoms with van der Waals surface area (Å²) in [6, 6.07) is 6.20. The number of carbonyl (C=O) groups is 1. The number of anilines is 2. The Bertz CT molecular complexity index is 1480. The van der Waals surface area contributed by atoms with Crippen molar-refractivity contribution in [1.29, 1.82) is 0 Å². The van der Waals surface area contributed by atoms with E-state index in [0.717, 1.165) is 43.6 Å².